The third kappa shape index (κ3) is 4.22. The van der Waals surface area contributed by atoms with Crippen molar-refractivity contribution in [3.8, 4) is 21.9 Å². The lowest BCUT2D eigenvalue weighted by Gasteiger charge is -2.49. The Morgan fingerprint density at radius 1 is 1.20 bits per heavy atom. The molecular formula is C31H28ClF2N5O4S. The van der Waals surface area contributed by atoms with Gasteiger partial charge in [0.25, 0.3) is 11.5 Å². The summed E-state index contributed by atoms with van der Waals surface area (Å²) in [5.41, 5.74) is 0.595. The van der Waals surface area contributed by atoms with Crippen LogP contribution in [-0.4, -0.2) is 63.6 Å². The highest BCUT2D eigenvalue weighted by Gasteiger charge is 2.46. The number of benzene rings is 2. The summed E-state index contributed by atoms with van der Waals surface area (Å²) >= 11 is 7.82. The van der Waals surface area contributed by atoms with E-state index in [1.807, 2.05) is 20.8 Å². The Hall–Kier alpha value is -4.29. The average molecular weight is 640 g/mol. The van der Waals surface area contributed by atoms with Gasteiger partial charge in [0.15, 0.2) is 5.82 Å². The largest absolute Gasteiger partial charge is 0.507 e. The number of phenolic OH excluding ortho intramolecular Hbond substituents is 1. The Balaban J connectivity index is 1.76. The number of fused-ring (bicyclic) bond motifs is 5. The highest BCUT2D eigenvalue weighted by molar-refractivity contribution is 7.12. The van der Waals surface area contributed by atoms with E-state index in [4.69, 9.17) is 11.6 Å². The maximum Gasteiger partial charge on any atom is 0.282 e. The molecule has 6 rings (SSSR count). The number of rotatable bonds is 4. The number of aromatic hydroxyl groups is 1. The number of hydrogen-bond acceptors (Lipinski definition) is 7. The number of amides is 2. The van der Waals surface area contributed by atoms with Crippen LogP contribution in [0.25, 0.3) is 27.0 Å². The second-order valence-corrected chi connectivity index (χ2v) is 12.5. The molecule has 0 spiro atoms. The predicted molar refractivity (Wildman–Crippen MR) is 167 cm³/mol. The Morgan fingerprint density at radius 3 is 2.59 bits per heavy atom. The fourth-order valence-electron chi connectivity index (χ4n) is 6.22. The maximum atomic E-state index is 17.1. The SMILES string of the molecule is C=CC(=O)N1CC2C(=O)N(C)c3c(c4cc(Cl)c(-c5c(O)cccc5F)c(F)c4n(-c4scnc4C(C)C)c3=O)N2CC1C. The van der Waals surface area contributed by atoms with Crippen LogP contribution in [0.1, 0.15) is 32.4 Å². The van der Waals surface area contributed by atoms with Gasteiger partial charge < -0.3 is 19.8 Å². The van der Waals surface area contributed by atoms with Crippen LogP contribution in [0.15, 0.2) is 47.2 Å². The molecule has 228 valence electrons. The first-order chi connectivity index (χ1) is 20.9. The summed E-state index contributed by atoms with van der Waals surface area (Å²) < 4.78 is 33.4. The molecule has 2 aromatic heterocycles. The molecule has 0 radical (unpaired) electrons. The van der Waals surface area contributed by atoms with Gasteiger partial charge in [0, 0.05) is 30.6 Å². The van der Waals surface area contributed by atoms with Crippen molar-refractivity contribution >= 4 is 57.0 Å². The molecule has 2 aromatic carbocycles. The summed E-state index contributed by atoms with van der Waals surface area (Å²) in [4.78, 5) is 49.9. The molecule has 4 heterocycles. The van der Waals surface area contributed by atoms with E-state index < -0.39 is 46.0 Å². The van der Waals surface area contributed by atoms with Crippen molar-refractivity contribution in [2.24, 2.45) is 0 Å². The molecule has 9 nitrogen and oxygen atoms in total. The molecular weight excluding hydrogens is 612 g/mol. The quantitative estimate of drug-likeness (QED) is 0.299. The van der Waals surface area contributed by atoms with Gasteiger partial charge in [-0.3, -0.25) is 19.0 Å². The zero-order valence-electron chi connectivity index (χ0n) is 24.3. The van der Waals surface area contributed by atoms with Crippen molar-refractivity contribution in [2.75, 3.05) is 29.9 Å². The summed E-state index contributed by atoms with van der Waals surface area (Å²) in [6, 6.07) is 3.74. The maximum absolute atomic E-state index is 17.1. The molecule has 0 bridgehead atoms. The molecule has 2 amide bonds. The number of phenols is 1. The molecule has 2 aliphatic rings. The van der Waals surface area contributed by atoms with Gasteiger partial charge in [0.2, 0.25) is 5.91 Å². The fourth-order valence-corrected chi connectivity index (χ4v) is 7.47. The van der Waals surface area contributed by atoms with Crippen LogP contribution in [0.5, 0.6) is 5.75 Å². The van der Waals surface area contributed by atoms with Crippen molar-refractivity contribution in [2.45, 2.75) is 38.8 Å². The molecule has 1 fully saturated rings. The third-order valence-electron chi connectivity index (χ3n) is 8.30. The number of likely N-dealkylation sites (N-methyl/N-ethyl adjacent to an activating group) is 1. The standard InChI is InChI=1S/C31H28ClF2N5O4S/c1-6-21(41)37-12-19-29(42)36(5)28-27(38(19)11-15(37)4)16-10-17(32)22(23-18(33)8-7-9-20(23)40)24(34)26(16)39(30(28)43)31-25(14(2)3)35-13-44-31/h6-10,13-15,19,40H,1,11-12H2,2-5H3. The lowest BCUT2D eigenvalue weighted by molar-refractivity contribution is -0.130. The van der Waals surface area contributed by atoms with Crippen LogP contribution in [0.3, 0.4) is 0 Å². The number of carbonyl (C=O) groups excluding carboxylic acids is 2. The molecule has 0 saturated carbocycles. The van der Waals surface area contributed by atoms with Crippen molar-refractivity contribution in [1.29, 1.82) is 0 Å². The van der Waals surface area contributed by atoms with Crippen LogP contribution in [0, 0.1) is 11.6 Å². The number of carbonyl (C=O) groups is 2. The number of thiazole rings is 1. The van der Waals surface area contributed by atoms with E-state index >= 15 is 8.78 Å². The minimum absolute atomic E-state index is 0.00880. The minimum Gasteiger partial charge on any atom is -0.507 e. The van der Waals surface area contributed by atoms with E-state index in [1.54, 1.807) is 10.4 Å². The summed E-state index contributed by atoms with van der Waals surface area (Å²) in [7, 11) is 1.47. The first-order valence-corrected chi connectivity index (χ1v) is 15.1. The van der Waals surface area contributed by atoms with Gasteiger partial charge in [-0.2, -0.15) is 0 Å². The third-order valence-corrected chi connectivity index (χ3v) is 9.43. The van der Waals surface area contributed by atoms with Crippen LogP contribution in [-0.2, 0) is 9.59 Å². The van der Waals surface area contributed by atoms with Gasteiger partial charge in [0.05, 0.1) is 39.5 Å². The molecule has 1 saturated heterocycles. The molecule has 2 aliphatic heterocycles. The zero-order chi connectivity index (χ0) is 31.8. The highest BCUT2D eigenvalue weighted by Crippen LogP contribution is 2.47. The summed E-state index contributed by atoms with van der Waals surface area (Å²) in [5, 5.41) is 10.9. The number of anilines is 2. The number of aromatic nitrogens is 2. The zero-order valence-corrected chi connectivity index (χ0v) is 25.8. The second kappa shape index (κ2) is 10.7. The van der Waals surface area contributed by atoms with E-state index in [-0.39, 0.29) is 58.3 Å². The number of hydrogen-bond donors (Lipinski definition) is 1. The Morgan fingerprint density at radius 2 is 1.93 bits per heavy atom. The monoisotopic (exact) mass is 639 g/mol. The average Bonchev–Trinajstić information content (AvgIpc) is 3.46. The lowest BCUT2D eigenvalue weighted by Crippen LogP contribution is -2.66. The Kier molecular flexibility index (Phi) is 7.24. The molecule has 2 unspecified atom stereocenters. The smallest absolute Gasteiger partial charge is 0.282 e. The van der Waals surface area contributed by atoms with E-state index in [2.05, 4.69) is 11.6 Å². The Labute approximate surface area is 260 Å². The number of halogens is 3. The fraction of sp³-hybridized carbons (Fsp3) is 0.290. The molecule has 44 heavy (non-hydrogen) atoms. The number of pyridine rings is 1. The number of nitrogens with zero attached hydrogens (tertiary/aromatic N) is 5. The van der Waals surface area contributed by atoms with Gasteiger partial charge >= 0.3 is 0 Å². The van der Waals surface area contributed by atoms with E-state index in [0.29, 0.717) is 10.7 Å². The normalized spacial score (nSPS) is 18.2. The van der Waals surface area contributed by atoms with Crippen LogP contribution in [0.2, 0.25) is 5.02 Å². The van der Waals surface area contributed by atoms with Crippen molar-refractivity contribution < 1.29 is 23.5 Å². The molecule has 1 N–H and O–H groups in total. The first kappa shape index (κ1) is 29.8. The molecule has 4 aromatic rings. The highest BCUT2D eigenvalue weighted by atomic mass is 35.5. The minimum atomic E-state index is -1.03. The summed E-state index contributed by atoms with van der Waals surface area (Å²) in [6.45, 7) is 9.31. The number of piperazine rings is 1. The van der Waals surface area contributed by atoms with Gasteiger partial charge in [-0.25, -0.2) is 13.8 Å². The van der Waals surface area contributed by atoms with Gasteiger partial charge in [0.1, 0.15) is 28.3 Å². The van der Waals surface area contributed by atoms with E-state index in [9.17, 15) is 19.5 Å². The van der Waals surface area contributed by atoms with Gasteiger partial charge in [-0.05, 0) is 37.1 Å². The summed E-state index contributed by atoms with van der Waals surface area (Å²) in [5.74, 6) is -3.37. The Bertz CT molecular complexity index is 1940. The van der Waals surface area contributed by atoms with Crippen LogP contribution in [0.4, 0.5) is 20.2 Å². The van der Waals surface area contributed by atoms with Crippen molar-refractivity contribution in [1.82, 2.24) is 14.5 Å². The van der Waals surface area contributed by atoms with E-state index in [0.717, 1.165) is 17.4 Å². The predicted octanol–water partition coefficient (Wildman–Crippen LogP) is 5.44. The topological polar surface area (TPSA) is 99.0 Å². The summed E-state index contributed by atoms with van der Waals surface area (Å²) in [6.07, 6.45) is 1.18. The molecule has 13 heteroatoms. The van der Waals surface area contributed by atoms with Crippen molar-refractivity contribution in [3.05, 3.63) is 75.1 Å². The van der Waals surface area contributed by atoms with E-state index in [1.165, 1.54) is 45.7 Å². The van der Waals surface area contributed by atoms with Crippen LogP contribution < -0.4 is 15.4 Å². The second-order valence-electron chi connectivity index (χ2n) is 11.2. The first-order valence-electron chi connectivity index (χ1n) is 13.9. The lowest BCUT2D eigenvalue weighted by atomic mass is 9.95. The molecule has 0 aliphatic carbocycles. The van der Waals surface area contributed by atoms with Crippen LogP contribution >= 0.6 is 22.9 Å². The van der Waals surface area contributed by atoms with Gasteiger partial charge in [-0.1, -0.05) is 38.1 Å². The van der Waals surface area contributed by atoms with Gasteiger partial charge in [-0.15, -0.1) is 11.3 Å². The molecule has 2 atom stereocenters. The van der Waals surface area contributed by atoms with Crippen molar-refractivity contribution in [3.63, 3.8) is 0 Å².